The van der Waals surface area contributed by atoms with Crippen LogP contribution < -0.4 is 0 Å². The molecule has 74 valence electrons. The highest BCUT2D eigenvalue weighted by Crippen LogP contribution is 2.41. The lowest BCUT2D eigenvalue weighted by Gasteiger charge is -2.20. The van der Waals surface area contributed by atoms with Crippen molar-refractivity contribution in [1.29, 1.82) is 0 Å². The van der Waals surface area contributed by atoms with Crippen molar-refractivity contribution in [2.45, 2.75) is 45.1 Å². The summed E-state index contributed by atoms with van der Waals surface area (Å²) in [6.45, 7) is 2.35. The Labute approximate surface area is 81.2 Å². The van der Waals surface area contributed by atoms with Crippen molar-refractivity contribution in [3.05, 3.63) is 11.6 Å². The molecule has 0 aromatic rings. The third kappa shape index (κ3) is 1.67. The van der Waals surface area contributed by atoms with E-state index in [1.807, 2.05) is 7.11 Å². The lowest BCUT2D eigenvalue weighted by Crippen LogP contribution is -2.18. The summed E-state index contributed by atoms with van der Waals surface area (Å²) >= 11 is 0. The molecule has 13 heavy (non-hydrogen) atoms. The van der Waals surface area contributed by atoms with E-state index in [2.05, 4.69) is 13.0 Å². The molecule has 1 saturated carbocycles. The van der Waals surface area contributed by atoms with Gasteiger partial charge in [0, 0.05) is 7.11 Å². The summed E-state index contributed by atoms with van der Waals surface area (Å²) in [4.78, 5) is 0. The van der Waals surface area contributed by atoms with E-state index in [0.717, 1.165) is 11.8 Å². The van der Waals surface area contributed by atoms with Crippen LogP contribution in [0.5, 0.6) is 0 Å². The topological polar surface area (TPSA) is 9.23 Å². The molecule has 3 unspecified atom stereocenters. The molecule has 0 radical (unpaired) electrons. The van der Waals surface area contributed by atoms with Gasteiger partial charge in [0.2, 0.25) is 0 Å². The first kappa shape index (κ1) is 9.26. The summed E-state index contributed by atoms with van der Waals surface area (Å²) < 4.78 is 5.49. The Hall–Kier alpha value is -0.300. The molecule has 0 amide bonds. The summed E-state index contributed by atoms with van der Waals surface area (Å²) in [6, 6.07) is 0. The van der Waals surface area contributed by atoms with Gasteiger partial charge in [-0.15, -0.1) is 0 Å². The molecule has 1 nitrogen and oxygen atoms in total. The quantitative estimate of drug-likeness (QED) is 0.593. The first-order chi connectivity index (χ1) is 6.33. The lowest BCUT2D eigenvalue weighted by molar-refractivity contribution is 0.0712. The van der Waals surface area contributed by atoms with Gasteiger partial charge in [-0.25, -0.2) is 0 Å². The normalized spacial score (nSPS) is 39.5. The fraction of sp³-hybridized carbons (Fsp3) is 0.833. The van der Waals surface area contributed by atoms with Crippen LogP contribution in [0.1, 0.15) is 39.0 Å². The van der Waals surface area contributed by atoms with Gasteiger partial charge in [0.05, 0.1) is 6.10 Å². The maximum atomic E-state index is 5.49. The first-order valence-corrected chi connectivity index (χ1v) is 5.54. The Kier molecular flexibility index (Phi) is 2.73. The van der Waals surface area contributed by atoms with E-state index in [1.165, 1.54) is 32.1 Å². The predicted molar refractivity (Wildman–Crippen MR) is 54.6 cm³/mol. The smallest absolute Gasteiger partial charge is 0.0602 e. The maximum Gasteiger partial charge on any atom is 0.0602 e. The number of hydrogen-bond donors (Lipinski definition) is 0. The molecule has 3 atom stereocenters. The minimum atomic E-state index is 0.520. The van der Waals surface area contributed by atoms with E-state index in [-0.39, 0.29) is 0 Å². The zero-order valence-corrected chi connectivity index (χ0v) is 8.75. The third-order valence-corrected chi connectivity index (χ3v) is 3.84. The minimum Gasteiger partial charge on any atom is -0.381 e. The molecule has 2 aliphatic carbocycles. The fourth-order valence-electron chi connectivity index (χ4n) is 3.02. The fourth-order valence-corrected chi connectivity index (χ4v) is 3.02. The van der Waals surface area contributed by atoms with Gasteiger partial charge in [0.1, 0.15) is 0 Å². The van der Waals surface area contributed by atoms with Gasteiger partial charge in [0.25, 0.3) is 0 Å². The van der Waals surface area contributed by atoms with Crippen molar-refractivity contribution in [1.82, 2.24) is 0 Å². The van der Waals surface area contributed by atoms with Crippen LogP contribution in [-0.4, -0.2) is 13.2 Å². The minimum absolute atomic E-state index is 0.520. The van der Waals surface area contributed by atoms with Crippen molar-refractivity contribution >= 4 is 0 Å². The average Bonchev–Trinajstić information content (AvgIpc) is 2.72. The van der Waals surface area contributed by atoms with Crippen LogP contribution in [0.3, 0.4) is 0 Å². The third-order valence-electron chi connectivity index (χ3n) is 3.84. The summed E-state index contributed by atoms with van der Waals surface area (Å²) in [5.41, 5.74) is 1.73. The van der Waals surface area contributed by atoms with Crippen LogP contribution in [0, 0.1) is 11.8 Å². The molecular formula is C12H20O. The van der Waals surface area contributed by atoms with E-state index >= 15 is 0 Å². The molecule has 0 bridgehead atoms. The summed E-state index contributed by atoms with van der Waals surface area (Å²) in [5.74, 6) is 1.58. The van der Waals surface area contributed by atoms with Gasteiger partial charge in [-0.2, -0.15) is 0 Å². The standard InChI is InChI=1S/C12H20O/c1-9-11(7-8-12(9)13-2)10-5-3-4-6-10/h5,9,11-12H,3-4,6-8H2,1-2H3. The Morgan fingerprint density at radius 3 is 2.77 bits per heavy atom. The van der Waals surface area contributed by atoms with E-state index in [9.17, 15) is 0 Å². The van der Waals surface area contributed by atoms with Gasteiger partial charge < -0.3 is 4.74 Å². The Morgan fingerprint density at radius 1 is 1.38 bits per heavy atom. The lowest BCUT2D eigenvalue weighted by atomic mass is 9.89. The SMILES string of the molecule is COC1CCC(C2=CCCC2)C1C. The number of ether oxygens (including phenoxy) is 1. The highest BCUT2D eigenvalue weighted by Gasteiger charge is 2.35. The zero-order chi connectivity index (χ0) is 9.26. The molecule has 0 saturated heterocycles. The molecule has 0 aromatic heterocycles. The maximum absolute atomic E-state index is 5.49. The van der Waals surface area contributed by atoms with Crippen molar-refractivity contribution in [3.63, 3.8) is 0 Å². The second kappa shape index (κ2) is 3.83. The largest absolute Gasteiger partial charge is 0.381 e. The van der Waals surface area contributed by atoms with E-state index < -0.39 is 0 Å². The van der Waals surface area contributed by atoms with Gasteiger partial charge in [0.15, 0.2) is 0 Å². The molecule has 0 aromatic carbocycles. The first-order valence-electron chi connectivity index (χ1n) is 5.54. The van der Waals surface area contributed by atoms with Gasteiger partial charge in [-0.3, -0.25) is 0 Å². The van der Waals surface area contributed by atoms with Crippen molar-refractivity contribution in [2.24, 2.45) is 11.8 Å². The van der Waals surface area contributed by atoms with Crippen LogP contribution in [0.2, 0.25) is 0 Å². The Bertz CT molecular complexity index is 207. The van der Waals surface area contributed by atoms with Crippen molar-refractivity contribution < 1.29 is 4.74 Å². The molecule has 0 heterocycles. The van der Waals surface area contributed by atoms with Crippen LogP contribution in [-0.2, 0) is 4.74 Å². The molecule has 2 rings (SSSR count). The van der Waals surface area contributed by atoms with E-state index in [0.29, 0.717) is 6.10 Å². The Balaban J connectivity index is 2.01. The van der Waals surface area contributed by atoms with Gasteiger partial charge in [-0.05, 0) is 43.9 Å². The van der Waals surface area contributed by atoms with E-state index in [1.54, 1.807) is 5.57 Å². The summed E-state index contributed by atoms with van der Waals surface area (Å²) in [5, 5.41) is 0. The number of allylic oxidation sites excluding steroid dienone is 2. The molecule has 1 fully saturated rings. The van der Waals surface area contributed by atoms with Crippen molar-refractivity contribution in [3.8, 4) is 0 Å². The average molecular weight is 180 g/mol. The predicted octanol–water partition coefficient (Wildman–Crippen LogP) is 3.16. The van der Waals surface area contributed by atoms with Crippen LogP contribution in [0.25, 0.3) is 0 Å². The van der Waals surface area contributed by atoms with Crippen LogP contribution in [0.15, 0.2) is 11.6 Å². The molecule has 0 N–H and O–H groups in total. The second-order valence-corrected chi connectivity index (χ2v) is 4.49. The molecule has 0 spiro atoms. The number of methoxy groups -OCH3 is 1. The monoisotopic (exact) mass is 180 g/mol. The molecular weight excluding hydrogens is 160 g/mol. The highest BCUT2D eigenvalue weighted by atomic mass is 16.5. The summed E-state index contributed by atoms with van der Waals surface area (Å²) in [7, 11) is 1.85. The van der Waals surface area contributed by atoms with Crippen LogP contribution >= 0.6 is 0 Å². The second-order valence-electron chi connectivity index (χ2n) is 4.49. The highest BCUT2D eigenvalue weighted by molar-refractivity contribution is 5.15. The van der Waals surface area contributed by atoms with Crippen LogP contribution in [0.4, 0.5) is 0 Å². The van der Waals surface area contributed by atoms with E-state index in [4.69, 9.17) is 4.74 Å². The zero-order valence-electron chi connectivity index (χ0n) is 8.75. The number of hydrogen-bond acceptors (Lipinski definition) is 1. The summed E-state index contributed by atoms with van der Waals surface area (Å²) in [6.07, 6.45) is 9.66. The molecule has 2 aliphatic rings. The molecule has 1 heteroatoms. The van der Waals surface area contributed by atoms with Gasteiger partial charge >= 0.3 is 0 Å². The molecule has 0 aliphatic heterocycles. The Morgan fingerprint density at radius 2 is 2.23 bits per heavy atom. The van der Waals surface area contributed by atoms with Gasteiger partial charge in [-0.1, -0.05) is 18.6 Å². The van der Waals surface area contributed by atoms with Crippen molar-refractivity contribution in [2.75, 3.05) is 7.11 Å². The number of rotatable bonds is 2.